The molecule has 0 spiro atoms. The van der Waals surface area contributed by atoms with Crippen molar-refractivity contribution in [2.24, 2.45) is 11.1 Å². The van der Waals surface area contributed by atoms with Crippen LogP contribution >= 0.6 is 0 Å². The molecule has 4 N–H and O–H groups in total. The highest BCUT2D eigenvalue weighted by Gasteiger charge is 2.22. The van der Waals surface area contributed by atoms with Gasteiger partial charge >= 0.3 is 0 Å². The molecule has 0 aliphatic carbocycles. The number of anilines is 1. The van der Waals surface area contributed by atoms with Gasteiger partial charge in [0.15, 0.2) is 0 Å². The molecule has 0 saturated carbocycles. The van der Waals surface area contributed by atoms with Gasteiger partial charge in [-0.2, -0.15) is 4.98 Å². The van der Waals surface area contributed by atoms with Crippen molar-refractivity contribution in [2.45, 2.75) is 33.2 Å². The van der Waals surface area contributed by atoms with E-state index in [1.54, 1.807) is 0 Å². The molecule has 0 aliphatic rings. The monoisotopic (exact) mass is 184 g/mol. The fraction of sp³-hybridized carbons (Fsp3) is 0.750. The molecule has 0 saturated heterocycles. The summed E-state index contributed by atoms with van der Waals surface area (Å²) in [5, 5.41) is 3.49. The van der Waals surface area contributed by atoms with Crippen molar-refractivity contribution in [3.05, 3.63) is 5.89 Å². The largest absolute Gasteiger partial charge is 0.365 e. The first kappa shape index (κ1) is 9.98. The van der Waals surface area contributed by atoms with Crippen molar-refractivity contribution in [3.8, 4) is 0 Å². The smallest absolute Gasteiger partial charge is 0.260 e. The van der Waals surface area contributed by atoms with E-state index in [9.17, 15) is 0 Å². The Hall–Kier alpha value is -1.10. The minimum Gasteiger partial charge on any atom is -0.365 e. The molecule has 1 rings (SSSR count). The lowest BCUT2D eigenvalue weighted by Crippen LogP contribution is -2.36. The molecular formula is C8H16N4O. The van der Waals surface area contributed by atoms with Crippen molar-refractivity contribution in [3.63, 3.8) is 0 Å². The van der Waals surface area contributed by atoms with Crippen LogP contribution in [0.1, 0.15) is 26.7 Å². The van der Waals surface area contributed by atoms with E-state index in [1.165, 1.54) is 0 Å². The molecule has 1 aromatic rings. The third kappa shape index (κ3) is 2.69. The van der Waals surface area contributed by atoms with E-state index in [-0.39, 0.29) is 17.4 Å². The first-order chi connectivity index (χ1) is 5.89. The van der Waals surface area contributed by atoms with Gasteiger partial charge in [-0.25, -0.2) is 0 Å². The van der Waals surface area contributed by atoms with Crippen LogP contribution in [-0.2, 0) is 6.42 Å². The molecule has 1 unspecified atom stereocenters. The van der Waals surface area contributed by atoms with Gasteiger partial charge in [0.25, 0.3) is 5.95 Å². The molecule has 74 valence electrons. The number of aromatic nitrogens is 2. The molecule has 0 fully saturated rings. The van der Waals surface area contributed by atoms with Crippen molar-refractivity contribution < 1.29 is 4.52 Å². The zero-order valence-electron chi connectivity index (χ0n) is 8.24. The lowest BCUT2D eigenvalue weighted by atomic mass is 9.85. The molecule has 0 aliphatic heterocycles. The number of nitrogen functional groups attached to an aromatic ring is 1. The normalized spacial score (nSPS) is 14.5. The molecule has 0 radical (unpaired) electrons. The Morgan fingerprint density at radius 1 is 1.46 bits per heavy atom. The van der Waals surface area contributed by atoms with Crippen LogP contribution in [0, 0.1) is 5.41 Å². The summed E-state index contributed by atoms with van der Waals surface area (Å²) in [5.41, 5.74) is 11.3. The zero-order chi connectivity index (χ0) is 10.1. The van der Waals surface area contributed by atoms with Gasteiger partial charge in [0.2, 0.25) is 5.89 Å². The Labute approximate surface area is 77.5 Å². The number of nitrogens with zero attached hydrogens (tertiary/aromatic N) is 2. The SMILES string of the molecule is CC(C)(C)C(N)Cc1nc(N)no1. The topological polar surface area (TPSA) is 91.0 Å². The number of hydrogen-bond donors (Lipinski definition) is 2. The standard InChI is InChI=1S/C8H16N4O/c1-8(2,3)5(9)4-6-11-7(10)12-13-6/h5H,4,9H2,1-3H3,(H2,10,12). The van der Waals surface area contributed by atoms with E-state index >= 15 is 0 Å². The van der Waals surface area contributed by atoms with Gasteiger partial charge in [-0.15, -0.1) is 0 Å². The van der Waals surface area contributed by atoms with Crippen molar-refractivity contribution >= 4 is 5.95 Å². The molecule has 5 nitrogen and oxygen atoms in total. The number of hydrogen-bond acceptors (Lipinski definition) is 5. The fourth-order valence-electron chi connectivity index (χ4n) is 0.845. The highest BCUT2D eigenvalue weighted by atomic mass is 16.5. The van der Waals surface area contributed by atoms with Gasteiger partial charge in [-0.1, -0.05) is 20.8 Å². The Morgan fingerprint density at radius 2 is 2.08 bits per heavy atom. The summed E-state index contributed by atoms with van der Waals surface area (Å²) < 4.78 is 4.86. The van der Waals surface area contributed by atoms with Crippen molar-refractivity contribution in [1.82, 2.24) is 10.1 Å². The Kier molecular flexibility index (Phi) is 2.56. The molecular weight excluding hydrogens is 168 g/mol. The van der Waals surface area contributed by atoms with E-state index in [0.717, 1.165) is 0 Å². The summed E-state index contributed by atoms with van der Waals surface area (Å²) in [4.78, 5) is 3.88. The Morgan fingerprint density at radius 3 is 2.46 bits per heavy atom. The molecule has 0 amide bonds. The Bertz CT molecular complexity index is 276. The predicted molar refractivity (Wildman–Crippen MR) is 49.8 cm³/mol. The molecule has 1 aromatic heterocycles. The van der Waals surface area contributed by atoms with Crippen LogP contribution in [0.15, 0.2) is 4.52 Å². The predicted octanol–water partition coefficient (Wildman–Crippen LogP) is 0.568. The summed E-state index contributed by atoms with van der Waals surface area (Å²) in [7, 11) is 0. The fourth-order valence-corrected chi connectivity index (χ4v) is 0.845. The average molecular weight is 184 g/mol. The zero-order valence-corrected chi connectivity index (χ0v) is 8.24. The maximum Gasteiger partial charge on any atom is 0.260 e. The second-order valence-electron chi connectivity index (χ2n) is 4.22. The van der Waals surface area contributed by atoms with Crippen molar-refractivity contribution in [2.75, 3.05) is 5.73 Å². The van der Waals surface area contributed by atoms with Crippen LogP contribution in [0.3, 0.4) is 0 Å². The van der Waals surface area contributed by atoms with Crippen LogP contribution in [0.2, 0.25) is 0 Å². The third-order valence-electron chi connectivity index (χ3n) is 1.99. The van der Waals surface area contributed by atoms with E-state index in [1.807, 2.05) is 0 Å². The number of nitrogens with two attached hydrogens (primary N) is 2. The lowest BCUT2D eigenvalue weighted by molar-refractivity contribution is 0.286. The summed E-state index contributed by atoms with van der Waals surface area (Å²) in [6, 6.07) is -0.00708. The first-order valence-corrected chi connectivity index (χ1v) is 4.23. The van der Waals surface area contributed by atoms with Gasteiger partial charge in [0, 0.05) is 12.5 Å². The molecule has 1 atom stereocenters. The van der Waals surface area contributed by atoms with Crippen molar-refractivity contribution in [1.29, 1.82) is 0 Å². The van der Waals surface area contributed by atoms with E-state index < -0.39 is 0 Å². The van der Waals surface area contributed by atoms with Crippen LogP contribution in [0.25, 0.3) is 0 Å². The quantitative estimate of drug-likeness (QED) is 0.701. The summed E-state index contributed by atoms with van der Waals surface area (Å²) >= 11 is 0. The molecule has 5 heteroatoms. The van der Waals surface area contributed by atoms with Gasteiger partial charge < -0.3 is 16.0 Å². The van der Waals surface area contributed by atoms with Crippen LogP contribution in [0.4, 0.5) is 5.95 Å². The summed E-state index contributed by atoms with van der Waals surface area (Å²) in [5.74, 6) is 0.663. The Balaban J connectivity index is 2.60. The summed E-state index contributed by atoms with van der Waals surface area (Å²) in [6.07, 6.45) is 0.563. The lowest BCUT2D eigenvalue weighted by Gasteiger charge is -2.25. The van der Waals surface area contributed by atoms with E-state index in [0.29, 0.717) is 12.3 Å². The summed E-state index contributed by atoms with van der Waals surface area (Å²) in [6.45, 7) is 6.20. The number of rotatable bonds is 2. The molecule has 0 bridgehead atoms. The second-order valence-corrected chi connectivity index (χ2v) is 4.22. The maximum atomic E-state index is 5.92. The van der Waals surface area contributed by atoms with Crippen LogP contribution < -0.4 is 11.5 Å². The highest BCUT2D eigenvalue weighted by Crippen LogP contribution is 2.20. The van der Waals surface area contributed by atoms with Gasteiger partial charge in [0.1, 0.15) is 0 Å². The van der Waals surface area contributed by atoms with Gasteiger partial charge in [-0.05, 0) is 10.6 Å². The minimum absolute atomic E-state index is 0.00708. The molecule has 0 aromatic carbocycles. The van der Waals surface area contributed by atoms with Crippen LogP contribution in [0.5, 0.6) is 0 Å². The molecule has 1 heterocycles. The minimum atomic E-state index is -0.00708. The second kappa shape index (κ2) is 3.33. The third-order valence-corrected chi connectivity index (χ3v) is 1.99. The highest BCUT2D eigenvalue weighted by molar-refractivity contribution is 5.10. The van der Waals surface area contributed by atoms with Crippen LogP contribution in [-0.4, -0.2) is 16.2 Å². The van der Waals surface area contributed by atoms with E-state index in [2.05, 4.69) is 30.9 Å². The van der Waals surface area contributed by atoms with Gasteiger partial charge in [-0.3, -0.25) is 0 Å². The average Bonchev–Trinajstić information content (AvgIpc) is 2.33. The maximum absolute atomic E-state index is 5.92. The van der Waals surface area contributed by atoms with Gasteiger partial charge in [0.05, 0.1) is 0 Å². The first-order valence-electron chi connectivity index (χ1n) is 4.23. The molecule has 13 heavy (non-hydrogen) atoms. The van der Waals surface area contributed by atoms with E-state index in [4.69, 9.17) is 16.0 Å².